The Morgan fingerprint density at radius 1 is 1.12 bits per heavy atom. The second-order valence-electron chi connectivity index (χ2n) is 6.57. The Labute approximate surface area is 198 Å². The van der Waals surface area contributed by atoms with Crippen LogP contribution in [0, 0.1) is 5.82 Å². The van der Waals surface area contributed by atoms with Crippen LogP contribution in [0.2, 0.25) is 10.0 Å². The molecule has 11 heteroatoms. The molecule has 0 unspecified atom stereocenters. The molecular weight excluding hydrogens is 476 g/mol. The number of benzene rings is 2. The second kappa shape index (κ2) is 11.3. The van der Waals surface area contributed by atoms with Crippen molar-refractivity contribution in [2.24, 2.45) is 0 Å². The van der Waals surface area contributed by atoms with E-state index in [0.717, 1.165) is 0 Å². The van der Waals surface area contributed by atoms with Gasteiger partial charge in [0.2, 0.25) is 5.91 Å². The molecule has 168 valence electrons. The van der Waals surface area contributed by atoms with Crippen LogP contribution in [-0.4, -0.2) is 38.9 Å². The lowest BCUT2D eigenvalue weighted by Crippen LogP contribution is -2.27. The van der Waals surface area contributed by atoms with Gasteiger partial charge >= 0.3 is 0 Å². The number of rotatable bonds is 9. The molecule has 0 bridgehead atoms. The summed E-state index contributed by atoms with van der Waals surface area (Å²) in [5.41, 5.74) is 0.430. The zero-order chi connectivity index (χ0) is 23.1. The van der Waals surface area contributed by atoms with E-state index in [0.29, 0.717) is 34.7 Å². The van der Waals surface area contributed by atoms with E-state index in [2.05, 4.69) is 20.8 Å². The lowest BCUT2D eigenvalue weighted by molar-refractivity contribution is -0.113. The summed E-state index contributed by atoms with van der Waals surface area (Å²) in [4.78, 5) is 24.4. The van der Waals surface area contributed by atoms with Crippen LogP contribution in [0.15, 0.2) is 47.6 Å². The van der Waals surface area contributed by atoms with E-state index in [1.165, 1.54) is 30.0 Å². The molecule has 1 aromatic heterocycles. The van der Waals surface area contributed by atoms with Crippen LogP contribution in [-0.2, 0) is 17.8 Å². The molecule has 0 aliphatic rings. The van der Waals surface area contributed by atoms with Crippen molar-refractivity contribution in [3.63, 3.8) is 0 Å². The van der Waals surface area contributed by atoms with Crippen molar-refractivity contribution < 1.29 is 14.0 Å². The zero-order valence-electron chi connectivity index (χ0n) is 17.1. The maximum Gasteiger partial charge on any atom is 0.254 e. The third-order valence-electron chi connectivity index (χ3n) is 4.42. The maximum atomic E-state index is 13.7. The summed E-state index contributed by atoms with van der Waals surface area (Å²) in [5.74, 6) is -0.564. The Morgan fingerprint density at radius 2 is 1.91 bits per heavy atom. The highest BCUT2D eigenvalue weighted by atomic mass is 35.5. The molecule has 1 heterocycles. The fraction of sp³-hybridized carbons (Fsp3) is 0.238. The van der Waals surface area contributed by atoms with Crippen LogP contribution >= 0.6 is 35.0 Å². The van der Waals surface area contributed by atoms with Gasteiger partial charge in [-0.1, -0.05) is 53.2 Å². The molecular formula is C21H20Cl2FN5O2S. The Morgan fingerprint density at radius 3 is 2.66 bits per heavy atom. The predicted molar refractivity (Wildman–Crippen MR) is 124 cm³/mol. The Balaban J connectivity index is 1.54. The van der Waals surface area contributed by atoms with Crippen LogP contribution in [0.3, 0.4) is 0 Å². The van der Waals surface area contributed by atoms with Crippen molar-refractivity contribution in [1.29, 1.82) is 0 Å². The first-order valence-corrected chi connectivity index (χ1v) is 11.5. The van der Waals surface area contributed by atoms with Gasteiger partial charge in [0.25, 0.3) is 5.91 Å². The van der Waals surface area contributed by atoms with Gasteiger partial charge in [0, 0.05) is 19.5 Å². The topological polar surface area (TPSA) is 88.9 Å². The first kappa shape index (κ1) is 24.0. The van der Waals surface area contributed by atoms with E-state index in [1.807, 2.05) is 11.5 Å². The predicted octanol–water partition coefficient (Wildman–Crippen LogP) is 4.45. The number of hydrogen-bond donors (Lipinski definition) is 2. The van der Waals surface area contributed by atoms with Crippen LogP contribution in [0.5, 0.6) is 0 Å². The van der Waals surface area contributed by atoms with Gasteiger partial charge in [-0.05, 0) is 31.2 Å². The Hall–Kier alpha value is -2.62. The fourth-order valence-corrected chi connectivity index (χ4v) is 4.04. The average Bonchev–Trinajstić information content (AvgIpc) is 3.17. The number of carbonyl (C=O) groups excluding carboxylic acids is 2. The van der Waals surface area contributed by atoms with Crippen molar-refractivity contribution >= 4 is 52.5 Å². The minimum absolute atomic E-state index is 0.00785. The monoisotopic (exact) mass is 495 g/mol. The minimum Gasteiger partial charge on any atom is -0.351 e. The smallest absolute Gasteiger partial charge is 0.254 e. The van der Waals surface area contributed by atoms with Gasteiger partial charge in [0.15, 0.2) is 5.16 Å². The summed E-state index contributed by atoms with van der Waals surface area (Å²) >= 11 is 13.3. The van der Waals surface area contributed by atoms with Crippen molar-refractivity contribution in [3.8, 4) is 0 Å². The number of hydrogen-bond acceptors (Lipinski definition) is 5. The molecule has 7 nitrogen and oxygen atoms in total. The molecule has 0 aliphatic heterocycles. The third kappa shape index (κ3) is 5.99. The van der Waals surface area contributed by atoms with E-state index in [4.69, 9.17) is 23.2 Å². The SMILES string of the molecule is CCn1c(CCNC(=O)c2ccccc2F)nnc1SCC(=O)Nc1cccc(Cl)c1Cl. The average molecular weight is 496 g/mol. The highest BCUT2D eigenvalue weighted by Gasteiger charge is 2.15. The highest BCUT2D eigenvalue weighted by molar-refractivity contribution is 7.99. The Kier molecular flexibility index (Phi) is 8.49. The third-order valence-corrected chi connectivity index (χ3v) is 6.21. The quantitative estimate of drug-likeness (QED) is 0.428. The van der Waals surface area contributed by atoms with Crippen molar-refractivity contribution in [2.75, 3.05) is 17.6 Å². The first-order chi connectivity index (χ1) is 15.4. The van der Waals surface area contributed by atoms with E-state index in [1.54, 1.807) is 24.3 Å². The molecule has 0 aliphatic carbocycles. The largest absolute Gasteiger partial charge is 0.351 e. The summed E-state index contributed by atoms with van der Waals surface area (Å²) in [6, 6.07) is 10.8. The highest BCUT2D eigenvalue weighted by Crippen LogP contribution is 2.29. The lowest BCUT2D eigenvalue weighted by Gasteiger charge is -2.09. The van der Waals surface area contributed by atoms with Gasteiger partial charge in [-0.25, -0.2) is 4.39 Å². The number of nitrogens with one attached hydrogen (secondary N) is 2. The maximum absolute atomic E-state index is 13.7. The summed E-state index contributed by atoms with van der Waals surface area (Å²) in [7, 11) is 0. The molecule has 0 radical (unpaired) electrons. The summed E-state index contributed by atoms with van der Waals surface area (Å²) in [6.45, 7) is 2.79. The number of halogens is 3. The first-order valence-electron chi connectivity index (χ1n) is 9.72. The molecule has 0 spiro atoms. The molecule has 2 amide bonds. The molecule has 0 saturated heterocycles. The summed E-state index contributed by atoms with van der Waals surface area (Å²) < 4.78 is 15.6. The van der Waals surface area contributed by atoms with Gasteiger partial charge in [-0.2, -0.15) is 0 Å². The van der Waals surface area contributed by atoms with E-state index in [9.17, 15) is 14.0 Å². The van der Waals surface area contributed by atoms with Crippen molar-refractivity contribution in [2.45, 2.75) is 25.0 Å². The molecule has 0 atom stereocenters. The van der Waals surface area contributed by atoms with E-state index in [-0.39, 0.29) is 28.8 Å². The van der Waals surface area contributed by atoms with Crippen LogP contribution in [0.4, 0.5) is 10.1 Å². The number of anilines is 1. The van der Waals surface area contributed by atoms with E-state index >= 15 is 0 Å². The van der Waals surface area contributed by atoms with Gasteiger partial charge in [0.05, 0.1) is 27.0 Å². The van der Waals surface area contributed by atoms with Gasteiger partial charge in [0.1, 0.15) is 11.6 Å². The second-order valence-corrected chi connectivity index (χ2v) is 8.29. The fourth-order valence-electron chi connectivity index (χ4n) is 2.87. The minimum atomic E-state index is -0.572. The Bertz CT molecular complexity index is 1130. The van der Waals surface area contributed by atoms with Gasteiger partial charge in [-0.15, -0.1) is 10.2 Å². The number of carbonyl (C=O) groups is 2. The van der Waals surface area contributed by atoms with Crippen molar-refractivity contribution in [3.05, 3.63) is 69.7 Å². The molecule has 2 N–H and O–H groups in total. The van der Waals surface area contributed by atoms with Crippen molar-refractivity contribution in [1.82, 2.24) is 20.1 Å². The normalized spacial score (nSPS) is 10.8. The number of aromatic nitrogens is 3. The van der Waals surface area contributed by atoms with Gasteiger partial charge in [-0.3, -0.25) is 9.59 Å². The standard InChI is InChI=1S/C21H20Cl2FN5O2S/c1-2-29-17(10-11-25-20(31)13-6-3-4-8-15(13)24)27-28-21(29)32-12-18(30)26-16-9-5-7-14(22)19(16)23/h3-9H,2,10-12H2,1H3,(H,25,31)(H,26,30). The molecule has 2 aromatic carbocycles. The van der Waals surface area contributed by atoms with Crippen LogP contribution < -0.4 is 10.6 Å². The summed E-state index contributed by atoms with van der Waals surface area (Å²) in [5, 5.41) is 14.9. The lowest BCUT2D eigenvalue weighted by atomic mass is 10.2. The number of amides is 2. The number of thioether (sulfide) groups is 1. The van der Waals surface area contributed by atoms with Crippen LogP contribution in [0.1, 0.15) is 23.1 Å². The molecule has 3 rings (SSSR count). The molecule has 0 saturated carbocycles. The zero-order valence-corrected chi connectivity index (χ0v) is 19.4. The number of nitrogens with zero attached hydrogens (tertiary/aromatic N) is 3. The van der Waals surface area contributed by atoms with E-state index < -0.39 is 11.7 Å². The molecule has 32 heavy (non-hydrogen) atoms. The van der Waals surface area contributed by atoms with Crippen LogP contribution in [0.25, 0.3) is 0 Å². The molecule has 0 fully saturated rings. The molecule has 3 aromatic rings. The summed E-state index contributed by atoms with van der Waals surface area (Å²) in [6.07, 6.45) is 0.409. The van der Waals surface area contributed by atoms with Gasteiger partial charge < -0.3 is 15.2 Å².